The van der Waals surface area contributed by atoms with Crippen molar-refractivity contribution in [3.63, 3.8) is 0 Å². The molecule has 2 aromatic rings. The number of hydrogen-bond acceptors (Lipinski definition) is 4. The third kappa shape index (κ3) is 1.97. The highest BCUT2D eigenvalue weighted by molar-refractivity contribution is 5.82. The second-order valence-electron chi connectivity index (χ2n) is 4.50. The Bertz CT molecular complexity index is 669. The van der Waals surface area contributed by atoms with Gasteiger partial charge in [-0.05, 0) is 29.8 Å². The Hall–Kier alpha value is -2.56. The van der Waals surface area contributed by atoms with Crippen molar-refractivity contribution in [3.8, 4) is 11.5 Å². The van der Waals surface area contributed by atoms with Crippen LogP contribution in [0.15, 0.2) is 36.5 Å². The second-order valence-corrected chi connectivity index (χ2v) is 4.50. The summed E-state index contributed by atoms with van der Waals surface area (Å²) in [6.45, 7) is 0.263. The lowest BCUT2D eigenvalue weighted by molar-refractivity contribution is -0.137. The van der Waals surface area contributed by atoms with Crippen molar-refractivity contribution < 1.29 is 19.4 Å². The summed E-state index contributed by atoms with van der Waals surface area (Å²) in [6, 6.07) is 8.70. The minimum atomic E-state index is -0.931. The minimum absolute atomic E-state index is 0.263. The first kappa shape index (κ1) is 12.5. The zero-order valence-corrected chi connectivity index (χ0v) is 10.9. The maximum Gasteiger partial charge on any atom is 0.315 e. The summed E-state index contributed by atoms with van der Waals surface area (Å²) in [6.07, 6.45) is 1.64. The Balaban J connectivity index is 2.22. The van der Waals surface area contributed by atoms with Crippen LogP contribution in [0.1, 0.15) is 22.7 Å². The van der Waals surface area contributed by atoms with E-state index in [1.54, 1.807) is 43.6 Å². The minimum Gasteiger partial charge on any atom is -0.497 e. The van der Waals surface area contributed by atoms with Gasteiger partial charge in [0.15, 0.2) is 0 Å². The van der Waals surface area contributed by atoms with Crippen LogP contribution < -0.4 is 9.47 Å². The lowest BCUT2D eigenvalue weighted by atomic mass is 9.90. The molecule has 0 saturated carbocycles. The van der Waals surface area contributed by atoms with Crippen molar-refractivity contribution in [1.29, 1.82) is 0 Å². The zero-order chi connectivity index (χ0) is 14.1. The normalized spacial score (nSPS) is 16.4. The van der Waals surface area contributed by atoms with Crippen LogP contribution in [-0.4, -0.2) is 23.2 Å². The van der Waals surface area contributed by atoms with Crippen molar-refractivity contribution in [2.75, 3.05) is 7.11 Å². The van der Waals surface area contributed by atoms with Gasteiger partial charge in [-0.25, -0.2) is 0 Å². The van der Waals surface area contributed by atoms with E-state index in [1.807, 2.05) is 0 Å². The van der Waals surface area contributed by atoms with E-state index in [2.05, 4.69) is 4.98 Å². The average molecular weight is 271 g/mol. The summed E-state index contributed by atoms with van der Waals surface area (Å²) in [5, 5.41) is 9.60. The van der Waals surface area contributed by atoms with Crippen LogP contribution in [0, 0.1) is 0 Å². The van der Waals surface area contributed by atoms with E-state index in [9.17, 15) is 9.90 Å². The van der Waals surface area contributed by atoms with E-state index < -0.39 is 11.9 Å². The van der Waals surface area contributed by atoms with E-state index in [0.29, 0.717) is 28.3 Å². The van der Waals surface area contributed by atoms with Crippen molar-refractivity contribution in [1.82, 2.24) is 4.98 Å². The van der Waals surface area contributed by atoms with Crippen LogP contribution in [0.3, 0.4) is 0 Å². The molecule has 1 unspecified atom stereocenters. The Morgan fingerprint density at radius 1 is 1.40 bits per heavy atom. The number of ether oxygens (including phenoxy) is 2. The van der Waals surface area contributed by atoms with Crippen LogP contribution in [0.5, 0.6) is 11.5 Å². The first-order valence-corrected chi connectivity index (χ1v) is 6.18. The highest BCUT2D eigenvalue weighted by atomic mass is 16.5. The molecule has 1 N–H and O–H groups in total. The topological polar surface area (TPSA) is 68.7 Å². The Labute approximate surface area is 115 Å². The number of carboxylic acid groups (broad SMARTS) is 1. The summed E-state index contributed by atoms with van der Waals surface area (Å²) in [7, 11) is 1.55. The zero-order valence-electron chi connectivity index (χ0n) is 10.9. The highest BCUT2D eigenvalue weighted by Crippen LogP contribution is 2.38. The monoisotopic (exact) mass is 271 g/mol. The molecule has 1 aliphatic rings. The fraction of sp³-hybridized carbons (Fsp3) is 0.200. The van der Waals surface area contributed by atoms with Gasteiger partial charge < -0.3 is 14.6 Å². The standard InChI is InChI=1S/C15H13NO4/c1-19-9-4-5-13-11(7-9)14(15(17)18)10-3-2-6-16-12(10)8-20-13/h2-7,14H,8H2,1H3,(H,17,18). The number of carboxylic acids is 1. The van der Waals surface area contributed by atoms with Crippen LogP contribution in [0.2, 0.25) is 0 Å². The van der Waals surface area contributed by atoms with Crippen molar-refractivity contribution in [2.45, 2.75) is 12.5 Å². The van der Waals surface area contributed by atoms with Crippen LogP contribution in [0.4, 0.5) is 0 Å². The number of rotatable bonds is 2. The Kier molecular flexibility index (Phi) is 3.02. The van der Waals surface area contributed by atoms with Gasteiger partial charge in [-0.1, -0.05) is 6.07 Å². The average Bonchev–Trinajstić information content (AvgIpc) is 2.62. The summed E-state index contributed by atoms with van der Waals surface area (Å²) < 4.78 is 10.8. The summed E-state index contributed by atoms with van der Waals surface area (Å²) in [5.41, 5.74) is 1.89. The summed E-state index contributed by atoms with van der Waals surface area (Å²) in [5.74, 6) is -0.576. The van der Waals surface area contributed by atoms with E-state index in [4.69, 9.17) is 9.47 Å². The number of aromatic nitrogens is 1. The molecule has 2 heterocycles. The maximum atomic E-state index is 11.7. The van der Waals surface area contributed by atoms with Gasteiger partial charge in [-0.3, -0.25) is 9.78 Å². The molecule has 1 atom stereocenters. The molecule has 5 heteroatoms. The predicted molar refractivity (Wildman–Crippen MR) is 71.0 cm³/mol. The molecular formula is C15H13NO4. The van der Waals surface area contributed by atoms with Gasteiger partial charge >= 0.3 is 5.97 Å². The third-order valence-electron chi connectivity index (χ3n) is 3.38. The summed E-state index contributed by atoms with van der Waals surface area (Å²) >= 11 is 0. The lowest BCUT2D eigenvalue weighted by Crippen LogP contribution is -2.14. The van der Waals surface area contributed by atoms with Gasteiger partial charge in [0.1, 0.15) is 24.0 Å². The Morgan fingerprint density at radius 3 is 3.00 bits per heavy atom. The van der Waals surface area contributed by atoms with Crippen LogP contribution in [0.25, 0.3) is 0 Å². The van der Waals surface area contributed by atoms with E-state index in [0.717, 1.165) is 0 Å². The Morgan fingerprint density at radius 2 is 2.25 bits per heavy atom. The van der Waals surface area contributed by atoms with Crippen molar-refractivity contribution in [2.24, 2.45) is 0 Å². The molecule has 1 aromatic carbocycles. The lowest BCUT2D eigenvalue weighted by Gasteiger charge is -2.15. The highest BCUT2D eigenvalue weighted by Gasteiger charge is 2.31. The number of methoxy groups -OCH3 is 1. The van der Waals surface area contributed by atoms with Crippen LogP contribution in [-0.2, 0) is 11.4 Å². The molecule has 5 nitrogen and oxygen atoms in total. The fourth-order valence-electron chi connectivity index (χ4n) is 2.42. The quantitative estimate of drug-likeness (QED) is 0.906. The predicted octanol–water partition coefficient (Wildman–Crippen LogP) is 2.20. The second kappa shape index (κ2) is 4.85. The largest absolute Gasteiger partial charge is 0.497 e. The fourth-order valence-corrected chi connectivity index (χ4v) is 2.42. The smallest absolute Gasteiger partial charge is 0.315 e. The molecular weight excluding hydrogens is 258 g/mol. The maximum absolute atomic E-state index is 11.7. The molecule has 0 amide bonds. The van der Waals surface area contributed by atoms with E-state index in [1.165, 1.54) is 0 Å². The first-order valence-electron chi connectivity index (χ1n) is 6.18. The first-order chi connectivity index (χ1) is 9.70. The van der Waals surface area contributed by atoms with E-state index >= 15 is 0 Å². The molecule has 0 spiro atoms. The van der Waals surface area contributed by atoms with Crippen LogP contribution >= 0.6 is 0 Å². The molecule has 20 heavy (non-hydrogen) atoms. The molecule has 0 saturated heterocycles. The SMILES string of the molecule is COc1ccc2c(c1)C(C(=O)O)c1cccnc1CO2. The molecule has 1 aromatic heterocycles. The number of hydrogen-bond donors (Lipinski definition) is 1. The molecule has 0 aliphatic carbocycles. The molecule has 102 valence electrons. The van der Waals surface area contributed by atoms with Gasteiger partial charge in [0, 0.05) is 11.8 Å². The molecule has 0 radical (unpaired) electrons. The van der Waals surface area contributed by atoms with Gasteiger partial charge in [-0.15, -0.1) is 0 Å². The number of nitrogens with zero attached hydrogens (tertiary/aromatic N) is 1. The van der Waals surface area contributed by atoms with Crippen molar-refractivity contribution >= 4 is 5.97 Å². The molecule has 3 rings (SSSR count). The summed E-state index contributed by atoms with van der Waals surface area (Å²) in [4.78, 5) is 15.9. The van der Waals surface area contributed by atoms with Gasteiger partial charge in [0.25, 0.3) is 0 Å². The van der Waals surface area contributed by atoms with Gasteiger partial charge in [-0.2, -0.15) is 0 Å². The third-order valence-corrected chi connectivity index (χ3v) is 3.38. The number of fused-ring (bicyclic) bond motifs is 2. The van der Waals surface area contributed by atoms with Crippen molar-refractivity contribution in [3.05, 3.63) is 53.3 Å². The number of pyridine rings is 1. The van der Waals surface area contributed by atoms with E-state index in [-0.39, 0.29) is 6.61 Å². The van der Waals surface area contributed by atoms with Gasteiger partial charge in [0.05, 0.1) is 12.8 Å². The molecule has 1 aliphatic heterocycles. The molecule has 0 bridgehead atoms. The number of aliphatic carboxylic acids is 1. The number of benzene rings is 1. The van der Waals surface area contributed by atoms with Gasteiger partial charge in [0.2, 0.25) is 0 Å². The number of carbonyl (C=O) groups is 1. The molecule has 0 fully saturated rings.